The molecule has 5 atom stereocenters. The quantitative estimate of drug-likeness (QED) is 0.476. The van der Waals surface area contributed by atoms with E-state index in [-0.39, 0.29) is 10.9 Å². The van der Waals surface area contributed by atoms with Crippen LogP contribution in [0, 0.1) is 0 Å². The molecule has 142 valence electrons. The number of hydrogen-bond donors (Lipinski definition) is 0. The van der Waals surface area contributed by atoms with Crippen LogP contribution in [0.4, 0.5) is 0 Å². The number of thioether (sulfide) groups is 1. The van der Waals surface area contributed by atoms with Gasteiger partial charge in [-0.25, -0.2) is 0 Å². The smallest absolute Gasteiger partial charge is 0.303 e. The molecule has 0 unspecified atom stereocenters. The lowest BCUT2D eigenvalue weighted by atomic mass is 9.98. The van der Waals surface area contributed by atoms with E-state index in [1.54, 1.807) is 0 Å². The molecule has 1 fully saturated rings. The van der Waals surface area contributed by atoms with Crippen molar-refractivity contribution in [3.8, 4) is 0 Å². The zero-order chi connectivity index (χ0) is 19.1. The van der Waals surface area contributed by atoms with Gasteiger partial charge in [-0.15, -0.1) is 0 Å². The fraction of sp³-hybridized carbons (Fsp3) is 0.733. The third-order valence-corrected chi connectivity index (χ3v) is 4.08. The maximum atomic E-state index is 11.5. The lowest BCUT2D eigenvalue weighted by molar-refractivity contribution is -0.293. The van der Waals surface area contributed by atoms with Gasteiger partial charge in [-0.05, 0) is 0 Å². The van der Waals surface area contributed by atoms with E-state index in [2.05, 4.69) is 0 Å². The molecule has 9 nitrogen and oxygen atoms in total. The Balaban J connectivity index is 3.18. The summed E-state index contributed by atoms with van der Waals surface area (Å²) in [5.74, 6) is -1.81. The Morgan fingerprint density at radius 2 is 1.32 bits per heavy atom. The number of rotatable bonds is 6. The van der Waals surface area contributed by atoms with Gasteiger partial charge in [0.05, 0.1) is 0 Å². The zero-order valence-electron chi connectivity index (χ0n) is 14.7. The van der Waals surface area contributed by atoms with E-state index in [1.807, 2.05) is 0 Å². The van der Waals surface area contributed by atoms with Crippen molar-refractivity contribution in [2.75, 3.05) is 12.9 Å². The number of esters is 3. The molecule has 0 aromatic heterocycles. The van der Waals surface area contributed by atoms with Crippen molar-refractivity contribution in [3.63, 3.8) is 0 Å². The Hall–Kier alpha value is -1.65. The number of ether oxygens (including phenoxy) is 5. The highest BCUT2D eigenvalue weighted by Gasteiger charge is 2.52. The Kier molecular flexibility index (Phi) is 8.33. The molecule has 0 aromatic carbocycles. The van der Waals surface area contributed by atoms with Crippen molar-refractivity contribution < 1.29 is 42.9 Å². The molecule has 10 heteroatoms. The maximum absolute atomic E-state index is 11.5. The normalized spacial score (nSPS) is 28.8. The van der Waals surface area contributed by atoms with Gasteiger partial charge in [0, 0.05) is 40.6 Å². The van der Waals surface area contributed by atoms with Crippen molar-refractivity contribution in [3.05, 3.63) is 0 Å². The first-order valence-electron chi connectivity index (χ1n) is 7.49. The second-order valence-corrected chi connectivity index (χ2v) is 6.50. The van der Waals surface area contributed by atoms with Gasteiger partial charge < -0.3 is 23.7 Å². The molecule has 0 radical (unpaired) electrons. The summed E-state index contributed by atoms with van der Waals surface area (Å²) >= 11 is 0.958. The van der Waals surface area contributed by atoms with E-state index < -0.39 is 48.6 Å². The van der Waals surface area contributed by atoms with E-state index >= 15 is 0 Å². The first kappa shape index (κ1) is 21.4. The van der Waals surface area contributed by atoms with Crippen LogP contribution >= 0.6 is 11.8 Å². The van der Waals surface area contributed by atoms with Gasteiger partial charge in [-0.2, -0.15) is 0 Å². The molecule has 1 rings (SSSR count). The third-order valence-electron chi connectivity index (χ3n) is 3.18. The molecule has 1 aliphatic rings. The summed E-state index contributed by atoms with van der Waals surface area (Å²) < 4.78 is 26.5. The molecular formula is C15H22O9S. The van der Waals surface area contributed by atoms with Gasteiger partial charge in [0.15, 0.2) is 29.7 Å². The first-order valence-corrected chi connectivity index (χ1v) is 8.47. The monoisotopic (exact) mass is 378 g/mol. The fourth-order valence-corrected chi connectivity index (χ4v) is 3.05. The second-order valence-electron chi connectivity index (χ2n) is 5.30. The van der Waals surface area contributed by atoms with Crippen molar-refractivity contribution in [1.82, 2.24) is 0 Å². The zero-order valence-corrected chi connectivity index (χ0v) is 15.5. The van der Waals surface area contributed by atoms with E-state index in [1.165, 1.54) is 34.8 Å². The van der Waals surface area contributed by atoms with E-state index in [0.717, 1.165) is 11.8 Å². The number of methoxy groups -OCH3 is 1. The molecule has 0 saturated carbocycles. The Morgan fingerprint density at radius 1 is 0.840 bits per heavy atom. The number of carbonyl (C=O) groups is 4. The van der Waals surface area contributed by atoms with Crippen LogP contribution in [0.15, 0.2) is 0 Å². The summed E-state index contributed by atoms with van der Waals surface area (Å²) in [4.78, 5) is 45.6. The summed E-state index contributed by atoms with van der Waals surface area (Å²) in [6.45, 7) is 4.92. The number of hydrogen-bond acceptors (Lipinski definition) is 10. The molecule has 1 saturated heterocycles. The van der Waals surface area contributed by atoms with Crippen LogP contribution in [-0.4, -0.2) is 66.6 Å². The molecule has 0 amide bonds. The van der Waals surface area contributed by atoms with E-state index in [9.17, 15) is 19.2 Å². The van der Waals surface area contributed by atoms with Crippen molar-refractivity contribution in [2.45, 2.75) is 58.4 Å². The summed E-state index contributed by atoms with van der Waals surface area (Å²) in [7, 11) is 1.33. The lowest BCUT2D eigenvalue weighted by Crippen LogP contribution is -2.62. The standard InChI is InChI=1S/C15H22O9S/c1-7(16)21-12-11(6-25-10(4)19)24-15(20-5)14(23-9(3)18)13(12)22-8(2)17/h11-15H,6H2,1-5H3/t11-,12-,13+,14-,15-/m1/s1. The highest BCUT2D eigenvalue weighted by atomic mass is 32.2. The van der Waals surface area contributed by atoms with Crippen LogP contribution in [0.25, 0.3) is 0 Å². The average molecular weight is 378 g/mol. The van der Waals surface area contributed by atoms with Crippen LogP contribution in [0.2, 0.25) is 0 Å². The predicted molar refractivity (Wildman–Crippen MR) is 85.5 cm³/mol. The molecule has 0 N–H and O–H groups in total. The van der Waals surface area contributed by atoms with Crippen LogP contribution in [-0.2, 0) is 42.9 Å². The van der Waals surface area contributed by atoms with E-state index in [4.69, 9.17) is 23.7 Å². The van der Waals surface area contributed by atoms with Gasteiger partial charge in [0.25, 0.3) is 0 Å². The highest BCUT2D eigenvalue weighted by molar-refractivity contribution is 8.13. The SMILES string of the molecule is CO[C@@H]1O[C@H](CSC(C)=O)[C@@H](OC(C)=O)[C@H](OC(C)=O)[C@H]1OC(C)=O. The van der Waals surface area contributed by atoms with Crippen LogP contribution in [0.3, 0.4) is 0 Å². The Morgan fingerprint density at radius 3 is 1.76 bits per heavy atom. The lowest BCUT2D eigenvalue weighted by Gasteiger charge is -2.43. The average Bonchev–Trinajstić information content (AvgIpc) is 2.48. The van der Waals surface area contributed by atoms with Gasteiger partial charge in [0.2, 0.25) is 0 Å². The summed E-state index contributed by atoms with van der Waals surface area (Å²) in [5.41, 5.74) is 0. The minimum atomic E-state index is -1.14. The molecule has 1 heterocycles. The van der Waals surface area contributed by atoms with Crippen molar-refractivity contribution >= 4 is 34.8 Å². The van der Waals surface area contributed by atoms with E-state index in [0.29, 0.717) is 0 Å². The Bertz CT molecular complexity index is 521. The molecule has 0 bridgehead atoms. The van der Waals surface area contributed by atoms with Crippen molar-refractivity contribution in [1.29, 1.82) is 0 Å². The third kappa shape index (κ3) is 6.63. The predicted octanol–water partition coefficient (Wildman–Crippen LogP) is 0.432. The Labute approximate surface area is 149 Å². The first-order chi connectivity index (χ1) is 11.6. The minimum absolute atomic E-state index is 0.137. The second kappa shape index (κ2) is 9.73. The van der Waals surface area contributed by atoms with Crippen LogP contribution in [0.1, 0.15) is 27.7 Å². The van der Waals surface area contributed by atoms with Crippen LogP contribution in [0.5, 0.6) is 0 Å². The molecule has 25 heavy (non-hydrogen) atoms. The van der Waals surface area contributed by atoms with Crippen LogP contribution < -0.4 is 0 Å². The summed E-state index contributed by atoms with van der Waals surface area (Å²) in [6, 6.07) is 0. The summed E-state index contributed by atoms with van der Waals surface area (Å²) in [5, 5.41) is -0.162. The van der Waals surface area contributed by atoms with Crippen molar-refractivity contribution in [2.24, 2.45) is 0 Å². The van der Waals surface area contributed by atoms with Gasteiger partial charge in [-0.3, -0.25) is 19.2 Å². The topological polar surface area (TPSA) is 114 Å². The summed E-state index contributed by atoms with van der Waals surface area (Å²) in [6.07, 6.45) is -5.20. The van der Waals surface area contributed by atoms with Gasteiger partial charge >= 0.3 is 17.9 Å². The largest absolute Gasteiger partial charge is 0.456 e. The highest BCUT2D eigenvalue weighted by Crippen LogP contribution is 2.30. The van der Waals surface area contributed by atoms with Gasteiger partial charge in [-0.1, -0.05) is 11.8 Å². The molecule has 0 spiro atoms. The number of carbonyl (C=O) groups excluding carboxylic acids is 4. The minimum Gasteiger partial charge on any atom is -0.456 e. The molecule has 1 aliphatic heterocycles. The maximum Gasteiger partial charge on any atom is 0.303 e. The van der Waals surface area contributed by atoms with Gasteiger partial charge in [0.1, 0.15) is 6.10 Å². The molecule has 0 aliphatic carbocycles. The fourth-order valence-electron chi connectivity index (χ4n) is 2.38. The molecule has 0 aromatic rings. The molecular weight excluding hydrogens is 356 g/mol.